The third-order valence-electron chi connectivity index (χ3n) is 4.69. The summed E-state index contributed by atoms with van der Waals surface area (Å²) < 4.78 is 0. The van der Waals surface area contributed by atoms with E-state index in [2.05, 4.69) is 100 Å². The number of rotatable bonds is 8. The first-order valence-corrected chi connectivity index (χ1v) is 9.80. The van der Waals surface area contributed by atoms with Crippen molar-refractivity contribution in [1.82, 2.24) is 15.2 Å². The molecule has 1 N–H and O–H groups in total. The third kappa shape index (κ3) is 4.57. The van der Waals surface area contributed by atoms with E-state index in [9.17, 15) is 0 Å². The number of nitrogens with zero attached hydrogens (tertiary/aromatic N) is 5. The second-order valence-electron chi connectivity index (χ2n) is 6.57. The number of aromatic nitrogens is 3. The van der Waals surface area contributed by atoms with E-state index < -0.39 is 0 Å². The monoisotopic (exact) mass is 376 g/mol. The standard InChI is InChI=1S/C22H28N6/c1-5-27(6-2)19-13-11-18(12-14-19)24-21-16-23-26-22(25-21)28(7-3)20-10-8-9-17(4)15-20/h8-16H,5-7H2,1-4H3,(H,24,25,26). The summed E-state index contributed by atoms with van der Waals surface area (Å²) in [7, 11) is 0. The first-order chi connectivity index (χ1) is 13.6. The smallest absolute Gasteiger partial charge is 0.251 e. The molecule has 3 rings (SSSR count). The lowest BCUT2D eigenvalue weighted by Gasteiger charge is -2.22. The number of aryl methyl sites for hydroxylation is 1. The van der Waals surface area contributed by atoms with E-state index in [-0.39, 0.29) is 0 Å². The average Bonchev–Trinajstić information content (AvgIpc) is 2.71. The summed E-state index contributed by atoms with van der Waals surface area (Å²) in [6, 6.07) is 16.7. The molecule has 6 nitrogen and oxygen atoms in total. The molecular weight excluding hydrogens is 348 g/mol. The van der Waals surface area contributed by atoms with Gasteiger partial charge in [-0.15, -0.1) is 5.10 Å². The molecule has 6 heteroatoms. The number of hydrogen-bond acceptors (Lipinski definition) is 6. The van der Waals surface area contributed by atoms with E-state index in [4.69, 9.17) is 0 Å². The number of benzene rings is 2. The molecule has 0 saturated carbocycles. The van der Waals surface area contributed by atoms with Crippen LogP contribution >= 0.6 is 0 Å². The molecule has 0 atom stereocenters. The molecule has 2 aromatic carbocycles. The van der Waals surface area contributed by atoms with Crippen LogP contribution in [0.4, 0.5) is 28.8 Å². The number of anilines is 5. The minimum atomic E-state index is 0.581. The summed E-state index contributed by atoms with van der Waals surface area (Å²) in [6.07, 6.45) is 1.64. The second-order valence-corrected chi connectivity index (χ2v) is 6.57. The van der Waals surface area contributed by atoms with E-state index in [0.717, 1.165) is 31.0 Å². The van der Waals surface area contributed by atoms with E-state index >= 15 is 0 Å². The minimum Gasteiger partial charge on any atom is -0.372 e. The van der Waals surface area contributed by atoms with E-state index in [1.807, 2.05) is 6.07 Å². The molecule has 146 valence electrons. The minimum absolute atomic E-state index is 0.581. The zero-order chi connectivity index (χ0) is 19.9. The van der Waals surface area contributed by atoms with Crippen molar-refractivity contribution in [2.45, 2.75) is 27.7 Å². The molecule has 28 heavy (non-hydrogen) atoms. The van der Waals surface area contributed by atoms with Crippen LogP contribution in [0.2, 0.25) is 0 Å². The van der Waals surface area contributed by atoms with E-state index in [1.165, 1.54) is 11.3 Å². The van der Waals surface area contributed by atoms with E-state index in [1.54, 1.807) is 6.20 Å². The van der Waals surface area contributed by atoms with Crippen molar-refractivity contribution >= 4 is 28.8 Å². The summed E-state index contributed by atoms with van der Waals surface area (Å²) in [5.41, 5.74) is 4.45. The summed E-state index contributed by atoms with van der Waals surface area (Å²) >= 11 is 0. The molecule has 0 unspecified atom stereocenters. The zero-order valence-electron chi connectivity index (χ0n) is 17.1. The van der Waals surface area contributed by atoms with Crippen LogP contribution in [0.3, 0.4) is 0 Å². The zero-order valence-corrected chi connectivity index (χ0v) is 17.1. The molecule has 0 amide bonds. The Hall–Kier alpha value is -3.15. The highest BCUT2D eigenvalue weighted by atomic mass is 15.3. The maximum atomic E-state index is 4.67. The Morgan fingerprint density at radius 2 is 1.64 bits per heavy atom. The Kier molecular flexibility index (Phi) is 6.42. The normalized spacial score (nSPS) is 10.6. The van der Waals surface area contributed by atoms with Gasteiger partial charge >= 0.3 is 0 Å². The Labute approximate surface area is 167 Å². The first-order valence-electron chi connectivity index (χ1n) is 9.80. The molecule has 1 aromatic heterocycles. The first kappa shape index (κ1) is 19.6. The van der Waals surface area contributed by atoms with Gasteiger partial charge in [-0.05, 0) is 69.7 Å². The lowest BCUT2D eigenvalue weighted by Crippen LogP contribution is -2.21. The molecule has 0 radical (unpaired) electrons. The van der Waals surface area contributed by atoms with Gasteiger partial charge in [0.2, 0.25) is 0 Å². The average molecular weight is 377 g/mol. The largest absolute Gasteiger partial charge is 0.372 e. The van der Waals surface area contributed by atoms with Crippen LogP contribution in [0, 0.1) is 6.92 Å². The Balaban J connectivity index is 1.79. The maximum Gasteiger partial charge on any atom is 0.251 e. The SMILES string of the molecule is CCN(CC)c1ccc(Nc2cnnc(N(CC)c3cccc(C)c3)n2)cc1. The van der Waals surface area contributed by atoms with Crippen LogP contribution in [-0.4, -0.2) is 34.8 Å². The van der Waals surface area contributed by atoms with Crippen molar-refractivity contribution < 1.29 is 0 Å². The van der Waals surface area contributed by atoms with Gasteiger partial charge in [0.05, 0.1) is 6.20 Å². The highest BCUT2D eigenvalue weighted by Crippen LogP contribution is 2.24. The van der Waals surface area contributed by atoms with Gasteiger partial charge in [-0.1, -0.05) is 12.1 Å². The van der Waals surface area contributed by atoms with Crippen molar-refractivity contribution in [2.24, 2.45) is 0 Å². The molecule has 1 heterocycles. The summed E-state index contributed by atoms with van der Waals surface area (Å²) in [5, 5.41) is 11.7. The number of hydrogen-bond donors (Lipinski definition) is 1. The lowest BCUT2D eigenvalue weighted by molar-refractivity contribution is 0.866. The predicted octanol–water partition coefficient (Wildman–Crippen LogP) is 4.93. The maximum absolute atomic E-state index is 4.67. The molecule has 0 spiro atoms. The van der Waals surface area contributed by atoms with Gasteiger partial charge in [-0.2, -0.15) is 10.1 Å². The van der Waals surface area contributed by atoms with Crippen LogP contribution in [0.1, 0.15) is 26.3 Å². The molecule has 0 aliphatic rings. The number of nitrogens with one attached hydrogen (secondary N) is 1. The lowest BCUT2D eigenvalue weighted by atomic mass is 10.2. The van der Waals surface area contributed by atoms with Gasteiger partial charge in [-0.3, -0.25) is 0 Å². The van der Waals surface area contributed by atoms with Crippen LogP contribution < -0.4 is 15.1 Å². The van der Waals surface area contributed by atoms with Gasteiger partial charge in [0.15, 0.2) is 5.82 Å². The van der Waals surface area contributed by atoms with Gasteiger partial charge in [0.1, 0.15) is 0 Å². The van der Waals surface area contributed by atoms with Crippen molar-refractivity contribution in [3.63, 3.8) is 0 Å². The molecule has 0 fully saturated rings. The van der Waals surface area contributed by atoms with Gasteiger partial charge in [0, 0.05) is 36.7 Å². The van der Waals surface area contributed by atoms with Gasteiger partial charge in [0.25, 0.3) is 5.95 Å². The Morgan fingerprint density at radius 1 is 0.893 bits per heavy atom. The molecule has 0 aliphatic heterocycles. The Morgan fingerprint density at radius 3 is 2.29 bits per heavy atom. The third-order valence-corrected chi connectivity index (χ3v) is 4.69. The fourth-order valence-corrected chi connectivity index (χ4v) is 3.20. The molecule has 0 bridgehead atoms. The summed E-state index contributed by atoms with van der Waals surface area (Å²) in [6.45, 7) is 11.2. The van der Waals surface area contributed by atoms with E-state index in [0.29, 0.717) is 11.8 Å². The molecule has 3 aromatic rings. The topological polar surface area (TPSA) is 57.2 Å². The van der Waals surface area contributed by atoms with Crippen LogP contribution in [0.25, 0.3) is 0 Å². The summed E-state index contributed by atoms with van der Waals surface area (Å²) in [4.78, 5) is 9.03. The van der Waals surface area contributed by atoms with Crippen molar-refractivity contribution in [1.29, 1.82) is 0 Å². The fraction of sp³-hybridized carbons (Fsp3) is 0.318. The molecular formula is C22H28N6. The van der Waals surface area contributed by atoms with Crippen molar-refractivity contribution in [2.75, 3.05) is 34.8 Å². The van der Waals surface area contributed by atoms with Crippen LogP contribution in [0.15, 0.2) is 54.7 Å². The summed E-state index contributed by atoms with van der Waals surface area (Å²) in [5.74, 6) is 1.25. The predicted molar refractivity (Wildman–Crippen MR) is 117 cm³/mol. The second kappa shape index (κ2) is 9.17. The molecule has 0 aliphatic carbocycles. The highest BCUT2D eigenvalue weighted by Gasteiger charge is 2.12. The van der Waals surface area contributed by atoms with Crippen LogP contribution in [-0.2, 0) is 0 Å². The highest BCUT2D eigenvalue weighted by molar-refractivity contribution is 5.63. The van der Waals surface area contributed by atoms with Crippen LogP contribution in [0.5, 0.6) is 0 Å². The molecule has 0 saturated heterocycles. The Bertz CT molecular complexity index is 890. The van der Waals surface area contributed by atoms with Crippen molar-refractivity contribution in [3.05, 3.63) is 60.3 Å². The van der Waals surface area contributed by atoms with Gasteiger partial charge in [-0.25, -0.2) is 0 Å². The fourth-order valence-electron chi connectivity index (χ4n) is 3.20. The van der Waals surface area contributed by atoms with Crippen molar-refractivity contribution in [3.8, 4) is 0 Å². The quantitative estimate of drug-likeness (QED) is 0.602. The van der Waals surface area contributed by atoms with Gasteiger partial charge < -0.3 is 15.1 Å².